The van der Waals surface area contributed by atoms with Crippen molar-refractivity contribution in [3.63, 3.8) is 0 Å². The molecule has 0 radical (unpaired) electrons. The standard InChI is InChI=1S/C16H18BrNO2/c1-2-15(14-10-13(17)8-9-16(14)19)18-20-11-12-6-4-3-5-7-12/h3-10,15,18-19H,2,11H2,1H3. The maximum Gasteiger partial charge on any atom is 0.120 e. The Morgan fingerprint density at radius 1 is 1.20 bits per heavy atom. The van der Waals surface area contributed by atoms with Crippen LogP contribution in [-0.2, 0) is 11.4 Å². The molecule has 0 saturated heterocycles. The number of hydrogen-bond acceptors (Lipinski definition) is 3. The van der Waals surface area contributed by atoms with E-state index in [-0.39, 0.29) is 11.8 Å². The number of hydroxylamine groups is 1. The minimum absolute atomic E-state index is 0.0452. The van der Waals surface area contributed by atoms with Gasteiger partial charge in [-0.15, -0.1) is 0 Å². The van der Waals surface area contributed by atoms with Crippen molar-refractivity contribution < 1.29 is 9.94 Å². The van der Waals surface area contributed by atoms with Crippen molar-refractivity contribution >= 4 is 15.9 Å². The first-order valence-electron chi connectivity index (χ1n) is 6.60. The average Bonchev–Trinajstić information content (AvgIpc) is 2.48. The number of phenolic OH excluding ortho intramolecular Hbond substituents is 1. The van der Waals surface area contributed by atoms with Gasteiger partial charge in [0.15, 0.2) is 0 Å². The van der Waals surface area contributed by atoms with E-state index in [1.165, 1.54) is 0 Å². The van der Waals surface area contributed by atoms with E-state index < -0.39 is 0 Å². The molecule has 0 aliphatic heterocycles. The van der Waals surface area contributed by atoms with Crippen molar-refractivity contribution in [1.29, 1.82) is 0 Å². The van der Waals surface area contributed by atoms with Crippen LogP contribution in [0.3, 0.4) is 0 Å². The van der Waals surface area contributed by atoms with Crippen LogP contribution in [0.2, 0.25) is 0 Å². The SMILES string of the molecule is CCC(NOCc1ccccc1)c1cc(Br)ccc1O. The first kappa shape index (κ1) is 15.0. The molecular weight excluding hydrogens is 318 g/mol. The van der Waals surface area contributed by atoms with Gasteiger partial charge in [0.05, 0.1) is 12.6 Å². The number of benzene rings is 2. The molecular formula is C16H18BrNO2. The molecule has 3 nitrogen and oxygen atoms in total. The molecule has 1 unspecified atom stereocenters. The van der Waals surface area contributed by atoms with E-state index in [4.69, 9.17) is 4.84 Å². The number of halogens is 1. The highest BCUT2D eigenvalue weighted by Gasteiger charge is 2.14. The van der Waals surface area contributed by atoms with E-state index in [2.05, 4.69) is 21.4 Å². The van der Waals surface area contributed by atoms with Gasteiger partial charge in [0, 0.05) is 10.0 Å². The fourth-order valence-electron chi connectivity index (χ4n) is 1.97. The minimum Gasteiger partial charge on any atom is -0.508 e. The smallest absolute Gasteiger partial charge is 0.120 e. The molecule has 20 heavy (non-hydrogen) atoms. The summed E-state index contributed by atoms with van der Waals surface area (Å²) in [5.74, 6) is 0.274. The van der Waals surface area contributed by atoms with Gasteiger partial charge in [-0.25, -0.2) is 0 Å². The molecule has 4 heteroatoms. The Labute approximate surface area is 127 Å². The summed E-state index contributed by atoms with van der Waals surface area (Å²) >= 11 is 3.42. The fourth-order valence-corrected chi connectivity index (χ4v) is 2.35. The zero-order valence-corrected chi connectivity index (χ0v) is 12.9. The highest BCUT2D eigenvalue weighted by molar-refractivity contribution is 9.10. The normalized spacial score (nSPS) is 12.3. The van der Waals surface area contributed by atoms with E-state index in [0.717, 1.165) is 22.0 Å². The molecule has 0 aliphatic rings. The summed E-state index contributed by atoms with van der Waals surface area (Å²) in [6, 6.07) is 15.3. The van der Waals surface area contributed by atoms with Crippen LogP contribution in [-0.4, -0.2) is 5.11 Å². The summed E-state index contributed by atoms with van der Waals surface area (Å²) in [7, 11) is 0. The van der Waals surface area contributed by atoms with E-state index in [1.54, 1.807) is 6.07 Å². The van der Waals surface area contributed by atoms with Crippen molar-refractivity contribution in [3.8, 4) is 5.75 Å². The molecule has 2 N–H and O–H groups in total. The molecule has 0 spiro atoms. The number of aromatic hydroxyl groups is 1. The lowest BCUT2D eigenvalue weighted by molar-refractivity contribution is 0.00155. The molecule has 0 saturated carbocycles. The lowest BCUT2D eigenvalue weighted by atomic mass is 10.0. The molecule has 1 atom stereocenters. The van der Waals surface area contributed by atoms with Gasteiger partial charge < -0.3 is 5.11 Å². The van der Waals surface area contributed by atoms with Gasteiger partial charge in [-0.05, 0) is 30.2 Å². The third-order valence-electron chi connectivity index (χ3n) is 3.08. The van der Waals surface area contributed by atoms with Crippen LogP contribution in [0.15, 0.2) is 53.0 Å². The molecule has 2 aromatic carbocycles. The maximum atomic E-state index is 9.94. The molecule has 2 rings (SSSR count). The number of hydrogen-bond donors (Lipinski definition) is 2. The second-order valence-corrected chi connectivity index (χ2v) is 5.47. The predicted octanol–water partition coefficient (Wildman–Crippen LogP) is 4.33. The summed E-state index contributed by atoms with van der Waals surface area (Å²) in [5.41, 5.74) is 4.95. The quantitative estimate of drug-likeness (QED) is 0.772. The maximum absolute atomic E-state index is 9.94. The largest absolute Gasteiger partial charge is 0.508 e. The second kappa shape index (κ2) is 7.43. The summed E-state index contributed by atoms with van der Waals surface area (Å²) in [6.45, 7) is 2.54. The molecule has 0 aromatic heterocycles. The first-order chi connectivity index (χ1) is 9.70. The van der Waals surface area contributed by atoms with Crippen molar-refractivity contribution in [1.82, 2.24) is 5.48 Å². The number of nitrogens with one attached hydrogen (secondary N) is 1. The van der Waals surface area contributed by atoms with Crippen molar-refractivity contribution in [2.45, 2.75) is 26.0 Å². The lowest BCUT2D eigenvalue weighted by Gasteiger charge is -2.18. The van der Waals surface area contributed by atoms with Gasteiger partial charge in [0.25, 0.3) is 0 Å². The third kappa shape index (κ3) is 4.07. The monoisotopic (exact) mass is 335 g/mol. The molecule has 2 aromatic rings. The Bertz CT molecular complexity index is 545. The molecule has 0 amide bonds. The van der Waals surface area contributed by atoms with Crippen LogP contribution in [0.4, 0.5) is 0 Å². The highest BCUT2D eigenvalue weighted by Crippen LogP contribution is 2.29. The zero-order chi connectivity index (χ0) is 14.4. The fraction of sp³-hybridized carbons (Fsp3) is 0.250. The lowest BCUT2D eigenvalue weighted by Crippen LogP contribution is -2.21. The molecule has 106 valence electrons. The number of phenols is 1. The van der Waals surface area contributed by atoms with Crippen LogP contribution >= 0.6 is 15.9 Å². The van der Waals surface area contributed by atoms with Crippen molar-refractivity contribution in [3.05, 3.63) is 64.1 Å². The summed E-state index contributed by atoms with van der Waals surface area (Å²) in [5, 5.41) is 9.94. The van der Waals surface area contributed by atoms with Crippen LogP contribution in [0.1, 0.15) is 30.5 Å². The van der Waals surface area contributed by atoms with Crippen LogP contribution in [0, 0.1) is 0 Å². The predicted molar refractivity (Wildman–Crippen MR) is 83.2 cm³/mol. The van der Waals surface area contributed by atoms with Gasteiger partial charge in [-0.1, -0.05) is 53.2 Å². The Balaban J connectivity index is 1.97. The Morgan fingerprint density at radius 2 is 1.95 bits per heavy atom. The molecule has 0 aliphatic carbocycles. The van der Waals surface area contributed by atoms with Crippen molar-refractivity contribution in [2.24, 2.45) is 0 Å². The zero-order valence-electron chi connectivity index (χ0n) is 11.3. The van der Waals surface area contributed by atoms with Crippen LogP contribution < -0.4 is 5.48 Å². The molecule has 0 heterocycles. The Kier molecular flexibility index (Phi) is 5.59. The average molecular weight is 336 g/mol. The Morgan fingerprint density at radius 3 is 2.65 bits per heavy atom. The van der Waals surface area contributed by atoms with Gasteiger partial charge in [0.2, 0.25) is 0 Å². The number of rotatable bonds is 6. The van der Waals surface area contributed by atoms with Crippen LogP contribution in [0.25, 0.3) is 0 Å². The van der Waals surface area contributed by atoms with E-state index in [0.29, 0.717) is 6.61 Å². The van der Waals surface area contributed by atoms with Gasteiger partial charge in [-0.2, -0.15) is 5.48 Å². The summed E-state index contributed by atoms with van der Waals surface area (Å²) in [4.78, 5) is 5.55. The highest BCUT2D eigenvalue weighted by atomic mass is 79.9. The first-order valence-corrected chi connectivity index (χ1v) is 7.39. The third-order valence-corrected chi connectivity index (χ3v) is 3.57. The summed E-state index contributed by atoms with van der Waals surface area (Å²) < 4.78 is 0.939. The van der Waals surface area contributed by atoms with E-state index in [9.17, 15) is 5.11 Å². The van der Waals surface area contributed by atoms with Gasteiger partial charge >= 0.3 is 0 Å². The van der Waals surface area contributed by atoms with E-state index in [1.807, 2.05) is 49.4 Å². The second-order valence-electron chi connectivity index (χ2n) is 4.56. The topological polar surface area (TPSA) is 41.5 Å². The van der Waals surface area contributed by atoms with Gasteiger partial charge in [-0.3, -0.25) is 4.84 Å². The molecule has 0 bridgehead atoms. The van der Waals surface area contributed by atoms with Gasteiger partial charge in [0.1, 0.15) is 5.75 Å². The Hall–Kier alpha value is -1.36. The minimum atomic E-state index is -0.0452. The molecule has 0 fully saturated rings. The van der Waals surface area contributed by atoms with E-state index >= 15 is 0 Å². The summed E-state index contributed by atoms with van der Waals surface area (Å²) in [6.07, 6.45) is 0.818. The van der Waals surface area contributed by atoms with Crippen LogP contribution in [0.5, 0.6) is 5.75 Å². The van der Waals surface area contributed by atoms with Crippen molar-refractivity contribution in [2.75, 3.05) is 0 Å².